The minimum atomic E-state index is -2.07. The molecule has 1 unspecified atom stereocenters. The summed E-state index contributed by atoms with van der Waals surface area (Å²) in [7, 11) is 0. The van der Waals surface area contributed by atoms with Crippen molar-refractivity contribution in [3.63, 3.8) is 0 Å². The van der Waals surface area contributed by atoms with E-state index in [0.717, 1.165) is 0 Å². The third kappa shape index (κ3) is 4.51. The van der Waals surface area contributed by atoms with Crippen LogP contribution in [0.1, 0.15) is 12.8 Å². The van der Waals surface area contributed by atoms with Crippen LogP contribution in [0.25, 0.3) is 0 Å². The van der Waals surface area contributed by atoms with E-state index in [1.807, 2.05) is 0 Å². The van der Waals surface area contributed by atoms with Gasteiger partial charge in [-0.25, -0.2) is 4.39 Å². The first-order valence-electron chi connectivity index (χ1n) is 3.13. The lowest BCUT2D eigenvalue weighted by molar-refractivity contribution is -0.152. The van der Waals surface area contributed by atoms with Crippen molar-refractivity contribution in [3.05, 3.63) is 0 Å². The average molecular weight is 177 g/mol. The maximum absolute atomic E-state index is 11.9. The van der Waals surface area contributed by atoms with Crippen LogP contribution in [0, 0.1) is 0 Å². The van der Waals surface area contributed by atoms with Crippen molar-refractivity contribution >= 4 is 18.2 Å². The molecule has 68 valence electrons. The lowest BCUT2D eigenvalue weighted by atomic mass is 10.2. The van der Waals surface area contributed by atoms with E-state index in [0.29, 0.717) is 0 Å². The molecule has 0 aliphatic rings. The number of alkyl halides is 1. The normalized spacial score (nSPS) is 11.8. The number of carbonyl (C=O) groups excluding carboxylic acids is 3. The van der Waals surface area contributed by atoms with Crippen LogP contribution in [0.5, 0.6) is 0 Å². The molecule has 0 aliphatic carbocycles. The van der Waals surface area contributed by atoms with E-state index in [2.05, 4.69) is 10.5 Å². The van der Waals surface area contributed by atoms with E-state index < -0.39 is 18.0 Å². The molecule has 1 atom stereocenters. The summed E-state index contributed by atoms with van der Waals surface area (Å²) >= 11 is 0. The van der Waals surface area contributed by atoms with Crippen LogP contribution in [-0.2, 0) is 19.1 Å². The molecule has 0 saturated carbocycles. The van der Waals surface area contributed by atoms with Gasteiger partial charge in [0.25, 0.3) is 0 Å². The minimum Gasteiger partial charge on any atom is -0.395 e. The largest absolute Gasteiger partial charge is 0.395 e. The first kappa shape index (κ1) is 10.7. The second-order valence-corrected chi connectivity index (χ2v) is 1.95. The molecule has 0 radical (unpaired) electrons. The smallest absolute Gasteiger partial charge is 0.313 e. The molecule has 0 rings (SSSR count). The van der Waals surface area contributed by atoms with Gasteiger partial charge in [0.05, 0.1) is 6.42 Å². The number of ketones is 1. The van der Waals surface area contributed by atoms with Gasteiger partial charge in [-0.05, 0) is 0 Å². The summed E-state index contributed by atoms with van der Waals surface area (Å²) in [6.07, 6.45) is -2.77. The molecule has 0 fully saturated rings. The highest BCUT2D eigenvalue weighted by molar-refractivity contribution is 5.86. The molecule has 0 spiro atoms. The number of rotatable bonds is 5. The summed E-state index contributed by atoms with van der Waals surface area (Å²) in [5.41, 5.74) is 4.56. The molecule has 5 nitrogen and oxygen atoms in total. The Labute approximate surface area is 67.7 Å². The Hall–Kier alpha value is -1.30. The molecule has 6 heteroatoms. The van der Waals surface area contributed by atoms with Gasteiger partial charge >= 0.3 is 12.4 Å². The lowest BCUT2D eigenvalue weighted by Gasteiger charge is -1.98. The third-order valence-corrected chi connectivity index (χ3v) is 1.06. The topological polar surface area (TPSA) is 86.5 Å². The van der Waals surface area contributed by atoms with Crippen molar-refractivity contribution in [3.8, 4) is 0 Å². The van der Waals surface area contributed by atoms with Crippen LogP contribution < -0.4 is 5.73 Å². The summed E-state index contributed by atoms with van der Waals surface area (Å²) < 4.78 is 15.8. The van der Waals surface area contributed by atoms with Gasteiger partial charge in [0, 0.05) is 6.42 Å². The number of nitrogens with two attached hydrogens (primary N) is 1. The van der Waals surface area contributed by atoms with Gasteiger partial charge in [0.15, 0.2) is 5.78 Å². The summed E-state index contributed by atoms with van der Waals surface area (Å²) in [6, 6.07) is 0. The van der Waals surface area contributed by atoms with Gasteiger partial charge in [-0.2, -0.15) is 0 Å². The molecule has 0 heterocycles. The average Bonchev–Trinajstić information content (AvgIpc) is 2.00. The highest BCUT2D eigenvalue weighted by atomic mass is 19.1. The number of ether oxygens (including phenoxy) is 1. The number of hydrogen-bond acceptors (Lipinski definition) is 5. The maximum atomic E-state index is 11.9. The molecule has 2 N–H and O–H groups in total. The van der Waals surface area contributed by atoms with E-state index in [1.165, 1.54) is 0 Å². The molecule has 0 saturated heterocycles. The van der Waals surface area contributed by atoms with Gasteiger partial charge in [-0.3, -0.25) is 20.1 Å². The van der Waals surface area contributed by atoms with E-state index >= 15 is 0 Å². The number of carbonyl (C=O) groups is 3. The molecule has 0 aromatic rings. The van der Waals surface area contributed by atoms with Gasteiger partial charge in [0.1, 0.15) is 0 Å². The first-order chi connectivity index (χ1) is 5.57. The van der Waals surface area contributed by atoms with Crippen LogP contribution in [-0.4, -0.2) is 24.5 Å². The van der Waals surface area contributed by atoms with Crippen LogP contribution in [0.2, 0.25) is 0 Å². The van der Waals surface area contributed by atoms with Crippen LogP contribution in [0.3, 0.4) is 0 Å². The van der Waals surface area contributed by atoms with Crippen molar-refractivity contribution in [1.29, 1.82) is 0 Å². The standard InChI is InChI=1S/C6H8FNO4/c7-6(8)4(10)1-2-5(11)12-3-9/h3,6H,1-2,8H2. The molecule has 0 bridgehead atoms. The summed E-state index contributed by atoms with van der Waals surface area (Å²) in [6.45, 7) is -0.0534. The van der Waals surface area contributed by atoms with Gasteiger partial charge in [0.2, 0.25) is 6.30 Å². The second kappa shape index (κ2) is 5.36. The minimum absolute atomic E-state index is 0.0534. The molecular weight excluding hydrogens is 169 g/mol. The quantitative estimate of drug-likeness (QED) is 0.259. The summed E-state index contributed by atoms with van der Waals surface area (Å²) in [4.78, 5) is 30.4. The first-order valence-corrected chi connectivity index (χ1v) is 3.13. The van der Waals surface area contributed by atoms with E-state index in [4.69, 9.17) is 0 Å². The predicted molar refractivity (Wildman–Crippen MR) is 35.5 cm³/mol. The summed E-state index contributed by atoms with van der Waals surface area (Å²) in [5, 5.41) is 0. The van der Waals surface area contributed by atoms with Crippen molar-refractivity contribution in [2.45, 2.75) is 19.1 Å². The lowest BCUT2D eigenvalue weighted by Crippen LogP contribution is -2.25. The zero-order valence-electron chi connectivity index (χ0n) is 6.16. The Kier molecular flexibility index (Phi) is 4.78. The van der Waals surface area contributed by atoms with E-state index in [1.54, 1.807) is 0 Å². The number of hydrogen-bond donors (Lipinski definition) is 1. The SMILES string of the molecule is NC(F)C(=O)CCC(=O)OC=O. The molecule has 0 aromatic heterocycles. The molecular formula is C6H8FNO4. The van der Waals surface area contributed by atoms with Crippen molar-refractivity contribution in [2.24, 2.45) is 5.73 Å². The zero-order chi connectivity index (χ0) is 9.56. The van der Waals surface area contributed by atoms with E-state index in [-0.39, 0.29) is 19.3 Å². The fraction of sp³-hybridized carbons (Fsp3) is 0.500. The van der Waals surface area contributed by atoms with Gasteiger partial charge < -0.3 is 4.74 Å². The van der Waals surface area contributed by atoms with Crippen LogP contribution in [0.15, 0.2) is 0 Å². The van der Waals surface area contributed by atoms with Crippen LogP contribution >= 0.6 is 0 Å². The predicted octanol–water partition coefficient (Wildman–Crippen LogP) is -0.710. The zero-order valence-corrected chi connectivity index (χ0v) is 6.16. The van der Waals surface area contributed by atoms with E-state index in [9.17, 15) is 18.8 Å². The second-order valence-electron chi connectivity index (χ2n) is 1.95. The Balaban J connectivity index is 3.61. The monoisotopic (exact) mass is 177 g/mol. The third-order valence-electron chi connectivity index (χ3n) is 1.06. The Morgan fingerprint density at radius 1 is 1.50 bits per heavy atom. The maximum Gasteiger partial charge on any atom is 0.313 e. The molecule has 0 amide bonds. The number of esters is 1. The number of Topliss-reactive ketones (excluding diaryl/α,β-unsaturated/α-hetero) is 1. The highest BCUT2D eigenvalue weighted by Gasteiger charge is 2.13. The fourth-order valence-electron chi connectivity index (χ4n) is 0.476. The Morgan fingerprint density at radius 3 is 2.50 bits per heavy atom. The number of halogens is 1. The molecule has 12 heavy (non-hydrogen) atoms. The van der Waals surface area contributed by atoms with Gasteiger partial charge in [-0.1, -0.05) is 0 Å². The fourth-order valence-corrected chi connectivity index (χ4v) is 0.476. The van der Waals surface area contributed by atoms with Crippen molar-refractivity contribution in [2.75, 3.05) is 0 Å². The Morgan fingerprint density at radius 2 is 2.08 bits per heavy atom. The summed E-state index contributed by atoms with van der Waals surface area (Å²) in [5.74, 6) is -1.77. The highest BCUT2D eigenvalue weighted by Crippen LogP contribution is 1.96. The van der Waals surface area contributed by atoms with Gasteiger partial charge in [-0.15, -0.1) is 0 Å². The Bertz CT molecular complexity index is 192. The van der Waals surface area contributed by atoms with Crippen molar-refractivity contribution < 1.29 is 23.5 Å². The molecule has 0 aromatic carbocycles. The molecule has 0 aliphatic heterocycles. The van der Waals surface area contributed by atoms with Crippen molar-refractivity contribution in [1.82, 2.24) is 0 Å². The van der Waals surface area contributed by atoms with Crippen LogP contribution in [0.4, 0.5) is 4.39 Å².